The largest absolute Gasteiger partial charge is 0.446 e. The molecule has 3 fully saturated rings. The summed E-state index contributed by atoms with van der Waals surface area (Å²) in [5.41, 5.74) is 2.52. The lowest BCUT2D eigenvalue weighted by Gasteiger charge is -2.58. The fourth-order valence-corrected chi connectivity index (χ4v) is 8.42. The Morgan fingerprint density at radius 3 is 2.71 bits per heavy atom. The zero-order chi connectivity index (χ0) is 22.2. The van der Waals surface area contributed by atoms with Crippen molar-refractivity contribution in [1.82, 2.24) is 5.32 Å². The molecule has 0 aromatic heterocycles. The molecular weight excluding hydrogens is 382 g/mol. The fraction of sp³-hybridized carbons (Fsp3) is 0.893. The third-order valence-electron chi connectivity index (χ3n) is 10.2. The van der Waals surface area contributed by atoms with Crippen molar-refractivity contribution in [2.45, 2.75) is 111 Å². The van der Waals surface area contributed by atoms with Crippen LogP contribution in [0.4, 0.5) is 4.79 Å². The number of hydrogen-bond acceptors (Lipinski definition) is 2. The lowest BCUT2D eigenvalue weighted by Crippen LogP contribution is -2.50. The summed E-state index contributed by atoms with van der Waals surface area (Å²) in [4.78, 5) is 11.9. The number of carbonyl (C=O) groups is 1. The first-order valence-electron chi connectivity index (χ1n) is 13.4. The molecule has 0 aromatic rings. The molecule has 3 saturated carbocycles. The second-order valence-corrected chi connectivity index (χ2v) is 12.2. The normalized spacial score (nSPS) is 41.7. The smallest absolute Gasteiger partial charge is 0.407 e. The van der Waals surface area contributed by atoms with Crippen LogP contribution in [0.2, 0.25) is 0 Å². The summed E-state index contributed by atoms with van der Waals surface area (Å²) in [6.07, 6.45) is 16.9. The van der Waals surface area contributed by atoms with E-state index in [1.54, 1.807) is 5.57 Å². The molecule has 31 heavy (non-hydrogen) atoms. The Morgan fingerprint density at radius 1 is 1.16 bits per heavy atom. The molecule has 0 heterocycles. The van der Waals surface area contributed by atoms with Crippen LogP contribution in [-0.2, 0) is 4.74 Å². The van der Waals surface area contributed by atoms with E-state index in [-0.39, 0.29) is 12.2 Å². The molecule has 3 nitrogen and oxygen atoms in total. The van der Waals surface area contributed by atoms with Gasteiger partial charge in [0, 0.05) is 13.0 Å². The summed E-state index contributed by atoms with van der Waals surface area (Å²) in [5, 5.41) is 2.79. The first kappa shape index (κ1) is 23.2. The summed E-state index contributed by atoms with van der Waals surface area (Å²) < 4.78 is 5.72. The van der Waals surface area contributed by atoms with E-state index in [0.29, 0.717) is 17.4 Å². The Hall–Kier alpha value is -0.990. The van der Waals surface area contributed by atoms with Crippen LogP contribution in [0.1, 0.15) is 105 Å². The van der Waals surface area contributed by atoms with Gasteiger partial charge in [-0.15, -0.1) is 0 Å². The summed E-state index contributed by atoms with van der Waals surface area (Å²) in [7, 11) is 0. The maximum absolute atomic E-state index is 11.9. The number of alkyl carbamates (subject to hydrolysis) is 1. The maximum Gasteiger partial charge on any atom is 0.407 e. The van der Waals surface area contributed by atoms with E-state index in [9.17, 15) is 4.79 Å². The maximum atomic E-state index is 11.9. The van der Waals surface area contributed by atoms with Gasteiger partial charge in [-0.1, -0.05) is 52.2 Å². The zero-order valence-corrected chi connectivity index (χ0v) is 20.8. The highest BCUT2D eigenvalue weighted by Crippen LogP contribution is 2.66. The number of nitrogens with one attached hydrogen (secondary N) is 1. The Labute approximate surface area is 191 Å². The molecule has 4 aliphatic carbocycles. The second-order valence-electron chi connectivity index (χ2n) is 12.2. The summed E-state index contributed by atoms with van der Waals surface area (Å²) in [6.45, 7) is 12.5. The average Bonchev–Trinajstić information content (AvgIpc) is 3.05. The van der Waals surface area contributed by atoms with E-state index in [1.807, 2.05) is 6.92 Å². The van der Waals surface area contributed by atoms with Gasteiger partial charge in [0.05, 0.1) is 0 Å². The number of allylic oxidation sites excluding steroid dienone is 1. The number of hydrogen-bond donors (Lipinski definition) is 1. The molecular formula is C28H47NO2. The Kier molecular flexibility index (Phi) is 6.80. The molecule has 176 valence electrons. The van der Waals surface area contributed by atoms with E-state index in [1.165, 1.54) is 57.8 Å². The average molecular weight is 430 g/mol. The van der Waals surface area contributed by atoms with Gasteiger partial charge in [0.25, 0.3) is 0 Å². The quantitative estimate of drug-likeness (QED) is 0.444. The van der Waals surface area contributed by atoms with E-state index >= 15 is 0 Å². The van der Waals surface area contributed by atoms with Gasteiger partial charge in [0.15, 0.2) is 0 Å². The highest BCUT2D eigenvalue weighted by molar-refractivity contribution is 5.67. The molecule has 0 bridgehead atoms. The Bertz CT molecular complexity index is 684. The van der Waals surface area contributed by atoms with E-state index in [2.05, 4.69) is 39.1 Å². The van der Waals surface area contributed by atoms with Crippen LogP contribution in [0, 0.1) is 40.4 Å². The van der Waals surface area contributed by atoms with Gasteiger partial charge < -0.3 is 10.1 Å². The van der Waals surface area contributed by atoms with Crippen LogP contribution in [-0.4, -0.2) is 18.7 Å². The highest BCUT2D eigenvalue weighted by Gasteiger charge is 2.58. The van der Waals surface area contributed by atoms with E-state index < -0.39 is 0 Å². The van der Waals surface area contributed by atoms with Crippen molar-refractivity contribution < 1.29 is 9.53 Å². The van der Waals surface area contributed by atoms with Crippen LogP contribution >= 0.6 is 0 Å². The first-order valence-corrected chi connectivity index (χ1v) is 13.4. The minimum Gasteiger partial charge on any atom is -0.446 e. The van der Waals surface area contributed by atoms with Crippen molar-refractivity contribution >= 4 is 6.09 Å². The Balaban J connectivity index is 1.44. The number of fused-ring (bicyclic) bond motifs is 5. The van der Waals surface area contributed by atoms with Gasteiger partial charge in [0.2, 0.25) is 0 Å². The van der Waals surface area contributed by atoms with Gasteiger partial charge in [-0.3, -0.25) is 0 Å². The number of ether oxygens (including phenoxy) is 1. The third kappa shape index (κ3) is 4.32. The molecule has 4 aliphatic rings. The van der Waals surface area contributed by atoms with Crippen molar-refractivity contribution in [3.8, 4) is 0 Å². The van der Waals surface area contributed by atoms with Crippen molar-refractivity contribution in [3.63, 3.8) is 0 Å². The van der Waals surface area contributed by atoms with Crippen LogP contribution in [0.15, 0.2) is 11.6 Å². The van der Waals surface area contributed by atoms with Gasteiger partial charge in [0.1, 0.15) is 6.10 Å². The standard InChI is InChI=1S/C28H47NO2/c1-6-29-26(30)31-22-14-16-28(5)21(18-22)10-12-23-24-13-11-20(9-7-8-19(2)3)27(24,4)17-15-25(23)28/h10,19-20,22-25H,6-9,11-18H2,1-5H3,(H,29,30)/t20?,22?,23?,24?,25?,27-,28+/m1/s1. The number of amides is 1. The second kappa shape index (κ2) is 9.10. The molecule has 0 aliphatic heterocycles. The first-order chi connectivity index (χ1) is 14.8. The SMILES string of the molecule is CCNC(=O)OC1CC[C@@]2(C)C(=CCC3C4CCC(CCCC(C)C)[C@@]4(C)CCC32)C1. The summed E-state index contributed by atoms with van der Waals surface area (Å²) in [5.74, 6) is 4.44. The highest BCUT2D eigenvalue weighted by atomic mass is 16.6. The van der Waals surface area contributed by atoms with Gasteiger partial charge >= 0.3 is 6.09 Å². The number of rotatable bonds is 6. The van der Waals surface area contributed by atoms with Crippen LogP contribution < -0.4 is 5.32 Å². The zero-order valence-electron chi connectivity index (χ0n) is 20.8. The molecule has 7 atom stereocenters. The predicted octanol–water partition coefficient (Wildman–Crippen LogP) is 7.51. The summed E-state index contributed by atoms with van der Waals surface area (Å²) >= 11 is 0. The van der Waals surface area contributed by atoms with E-state index in [0.717, 1.165) is 42.4 Å². The van der Waals surface area contributed by atoms with Crippen LogP contribution in [0.3, 0.4) is 0 Å². The third-order valence-corrected chi connectivity index (χ3v) is 10.2. The molecule has 1 N–H and O–H groups in total. The van der Waals surface area contributed by atoms with Crippen molar-refractivity contribution in [1.29, 1.82) is 0 Å². The Morgan fingerprint density at radius 2 is 1.97 bits per heavy atom. The van der Waals surface area contributed by atoms with Gasteiger partial charge in [-0.25, -0.2) is 4.79 Å². The molecule has 0 aromatic carbocycles. The lowest BCUT2D eigenvalue weighted by atomic mass is 9.47. The monoisotopic (exact) mass is 429 g/mol. The van der Waals surface area contributed by atoms with Crippen molar-refractivity contribution in [2.24, 2.45) is 40.4 Å². The van der Waals surface area contributed by atoms with E-state index in [4.69, 9.17) is 4.74 Å². The summed E-state index contributed by atoms with van der Waals surface area (Å²) in [6, 6.07) is 0. The number of carbonyl (C=O) groups excluding carboxylic acids is 1. The molecule has 3 heteroatoms. The molecule has 0 radical (unpaired) electrons. The molecule has 1 amide bonds. The van der Waals surface area contributed by atoms with Crippen molar-refractivity contribution in [3.05, 3.63) is 11.6 Å². The lowest BCUT2D eigenvalue weighted by molar-refractivity contribution is -0.0519. The molecule has 4 rings (SSSR count). The van der Waals surface area contributed by atoms with Gasteiger partial charge in [-0.05, 0) is 98.7 Å². The molecule has 0 saturated heterocycles. The molecule has 5 unspecified atom stereocenters. The fourth-order valence-electron chi connectivity index (χ4n) is 8.42. The minimum atomic E-state index is -0.242. The predicted molar refractivity (Wildman–Crippen MR) is 128 cm³/mol. The van der Waals surface area contributed by atoms with Gasteiger partial charge in [-0.2, -0.15) is 0 Å². The van der Waals surface area contributed by atoms with Crippen LogP contribution in [0.5, 0.6) is 0 Å². The van der Waals surface area contributed by atoms with Crippen molar-refractivity contribution in [2.75, 3.05) is 6.54 Å². The molecule has 0 spiro atoms. The topological polar surface area (TPSA) is 38.3 Å². The van der Waals surface area contributed by atoms with Crippen LogP contribution in [0.25, 0.3) is 0 Å². The minimum absolute atomic E-state index is 0.0631.